The summed E-state index contributed by atoms with van der Waals surface area (Å²) in [6.07, 6.45) is 27.7. The van der Waals surface area contributed by atoms with E-state index in [1.165, 1.54) is 53.0 Å². The predicted octanol–water partition coefficient (Wildman–Crippen LogP) is 21.0. The van der Waals surface area contributed by atoms with Gasteiger partial charge in [-0.2, -0.15) is 0 Å². The second-order valence-electron chi connectivity index (χ2n) is 38.4. The Kier molecular flexibility index (Phi) is 38.2. The topological polar surface area (TPSA) is 421 Å². The third kappa shape index (κ3) is 33.5. The van der Waals surface area contributed by atoms with E-state index in [9.17, 15) is 42.6 Å². The summed E-state index contributed by atoms with van der Waals surface area (Å²) < 4.78 is 41.8. The van der Waals surface area contributed by atoms with Gasteiger partial charge in [-0.25, -0.2) is 39.9 Å². The molecule has 3 aromatic carbocycles. The number of piperidine rings is 3. The Morgan fingerprint density at radius 1 is 0.441 bits per heavy atom. The first-order valence-corrected chi connectivity index (χ1v) is 54.5. The molecule has 0 saturated carbocycles. The number of rotatable bonds is 35. The Labute approximate surface area is 874 Å². The van der Waals surface area contributed by atoms with Gasteiger partial charge in [0.25, 0.3) is 11.5 Å². The van der Waals surface area contributed by atoms with E-state index in [0.29, 0.717) is 132 Å². The molecule has 145 heavy (non-hydrogen) atoms. The van der Waals surface area contributed by atoms with E-state index in [4.69, 9.17) is 17.7 Å². The Morgan fingerprint density at radius 2 is 0.855 bits per heavy atom. The summed E-state index contributed by atoms with van der Waals surface area (Å²) in [4.78, 5) is 142. The van der Waals surface area contributed by atoms with Gasteiger partial charge in [-0.1, -0.05) is 168 Å². The van der Waals surface area contributed by atoms with Gasteiger partial charge in [-0.3, -0.25) is 47.5 Å². The van der Waals surface area contributed by atoms with Crippen LogP contribution in [0, 0.1) is 5.92 Å². The molecule has 0 bridgehead atoms. The highest BCUT2D eigenvalue weighted by Crippen LogP contribution is 2.39. The zero-order chi connectivity index (χ0) is 104. The highest BCUT2D eigenvalue weighted by Gasteiger charge is 2.32. The maximum Gasteiger partial charge on any atom is 0.253 e. The third-order valence-electron chi connectivity index (χ3n) is 22.6. The summed E-state index contributed by atoms with van der Waals surface area (Å²) in [5.74, 6) is 7.55. The van der Waals surface area contributed by atoms with Gasteiger partial charge >= 0.3 is 0 Å². The van der Waals surface area contributed by atoms with Crippen LogP contribution in [0.3, 0.4) is 0 Å². The minimum atomic E-state index is -1.28. The number of pyridine rings is 2. The van der Waals surface area contributed by atoms with Crippen LogP contribution in [0.2, 0.25) is 0 Å². The van der Waals surface area contributed by atoms with Crippen molar-refractivity contribution in [3.8, 4) is 0 Å². The maximum absolute atomic E-state index is 13.1. The first-order valence-electron chi connectivity index (χ1n) is 46.9. The molecule has 13 heterocycles. The van der Waals surface area contributed by atoms with Crippen molar-refractivity contribution in [1.82, 2.24) is 64.1 Å². The lowest BCUT2D eigenvalue weighted by Crippen LogP contribution is -2.45. The fourth-order valence-electron chi connectivity index (χ4n) is 14.6. The lowest BCUT2D eigenvalue weighted by molar-refractivity contribution is -0.134. The molecule has 0 spiro atoms. The molecule has 3 aliphatic rings. The van der Waals surface area contributed by atoms with Crippen molar-refractivity contribution in [3.63, 3.8) is 0 Å². The number of hydrogen-bond donors (Lipinski definition) is 7. The Hall–Kier alpha value is -13.0. The molecule has 41 heteroatoms. The number of amides is 7. The number of nitrogens with one attached hydrogen (secondary N) is 7. The quantitative estimate of drug-likeness (QED) is 0.0143. The molecule has 7 N–H and O–H groups in total. The average molecular weight is 2110 g/mol. The zero-order valence-electron chi connectivity index (χ0n) is 83.0. The van der Waals surface area contributed by atoms with Gasteiger partial charge < -0.3 is 74.2 Å². The van der Waals surface area contributed by atoms with Crippen molar-refractivity contribution >= 4 is 177 Å². The Bertz CT molecular complexity index is 6540. The largest absolute Gasteiger partial charge is 0.444 e. The van der Waals surface area contributed by atoms with Crippen molar-refractivity contribution in [2.24, 2.45) is 5.92 Å². The number of hydrogen-bond acceptors (Lipinski definition) is 32. The zero-order valence-corrected chi connectivity index (χ0v) is 89.5. The first kappa shape index (κ1) is 109. The molecule has 13 aromatic rings. The minimum absolute atomic E-state index is 0.0206. The molecule has 3 fully saturated rings. The molecule has 33 nitrogen and oxygen atoms in total. The van der Waals surface area contributed by atoms with Gasteiger partial charge in [-0.05, 0) is 134 Å². The lowest BCUT2D eigenvalue weighted by atomic mass is 9.94. The summed E-state index contributed by atoms with van der Waals surface area (Å²) in [5.41, 5.74) is 6.18. The number of oxazole rings is 4. The van der Waals surface area contributed by atoms with Crippen molar-refractivity contribution in [2.45, 2.75) is 221 Å². The normalized spacial score (nSPS) is 15.1. The van der Waals surface area contributed by atoms with Crippen LogP contribution >= 0.6 is 80.6 Å². The van der Waals surface area contributed by atoms with Crippen molar-refractivity contribution in [3.05, 3.63) is 294 Å². The fraction of sp³-hybridized carbons (Fsp3) is 0.356. The molecule has 0 radical (unpaired) electrons. The summed E-state index contributed by atoms with van der Waals surface area (Å²) in [6.45, 7) is 42.7. The van der Waals surface area contributed by atoms with Gasteiger partial charge in [0.2, 0.25) is 59.0 Å². The molecule has 3 saturated heterocycles. The molecule has 762 valence electrons. The number of likely N-dealkylation sites (tertiary alicyclic amines) is 3. The number of carbonyl (C=O) groups excluding carboxylic acids is 7. The number of nitrogens with zero attached hydrogens (tertiary/aromatic N) is 13. The molecule has 0 aliphatic carbocycles. The van der Waals surface area contributed by atoms with E-state index in [0.717, 1.165) is 111 Å². The molecule has 7 amide bonds. The number of benzene rings is 3. The first-order chi connectivity index (χ1) is 69.2. The molecule has 4 atom stereocenters. The van der Waals surface area contributed by atoms with Crippen LogP contribution in [0.25, 0.3) is 0 Å². The molecule has 3 aliphatic heterocycles. The molecular formula is C104H120N20O13S8. The molecule has 1 unspecified atom stereocenters. The Balaban J connectivity index is 0.000000162. The maximum atomic E-state index is 13.1. The van der Waals surface area contributed by atoms with E-state index >= 15 is 0 Å². The molecule has 16 rings (SSSR count). The fourth-order valence-corrected chi connectivity index (χ4v) is 22.2. The lowest BCUT2D eigenvalue weighted by Gasteiger charge is -2.33. The van der Waals surface area contributed by atoms with Crippen LogP contribution in [0.4, 0.5) is 43.8 Å². The van der Waals surface area contributed by atoms with Gasteiger partial charge in [0.1, 0.15) is 33.0 Å². The second-order valence-corrected chi connectivity index (χ2v) is 48.1. The van der Waals surface area contributed by atoms with Gasteiger partial charge in [0, 0.05) is 121 Å². The van der Waals surface area contributed by atoms with Crippen molar-refractivity contribution in [2.75, 3.05) is 63.4 Å². The van der Waals surface area contributed by atoms with Crippen LogP contribution in [0.1, 0.15) is 200 Å². The van der Waals surface area contributed by atoms with E-state index < -0.39 is 10.8 Å². The SMILES string of the molecule is C=CC(=O)Nc1ccc(C(=O)N2CCC[C@@H](Cc3ncc(S(=O)Cc4ncc(C(C)(C)C)o4)s3)C2)cc1.C=CC(=O)Nc1ccc(CN2C[C@H](Nc3ncc(SCc4ncc(C(C)(C)C)o4)s3)CCC2=O)cc1.C=CC(=O)Nc1ccc(CN2C[C@H](Nc3ncc(SCc4ncc(C(C)(C)C)o4)s3)CCC2=O)nc1.C=CC(=O)Nc1ccc(Cn2cc(Nc3ncc(SCc4ncc(C(C)(C)C)o4)s3)ccc2=O)cc1. The minimum Gasteiger partial charge on any atom is -0.444 e. The van der Waals surface area contributed by atoms with Crippen LogP contribution in [-0.4, -0.2) is 148 Å². The van der Waals surface area contributed by atoms with E-state index in [2.05, 4.69) is 171 Å². The number of thioether (sulfide) groups is 3. The smallest absolute Gasteiger partial charge is 0.253 e. The standard InChI is InChI=1S/C27H32N4O4S2.C26H31N5O3S2.C26H27N5O3S2.C25H30N6O3S2/c1-5-22(32)30-20-10-8-19(9-11-20)26(33)31-12-6-7-18(16-31)13-24-29-15-25(36-24)37(34)17-23-28-14-21(35-23)27(2,3)4;2*1-5-21(32)29-18-8-6-17(7-9-18)14-31-15-19(10-11-23(31)33)30-25-28-13-24(36-25)35-16-22-27-12-20(34-22)26(2,3)4;1-5-20(32)29-16-6-7-17(26-10-16)13-31-14-18(8-9-22(31)33)30-24-28-12-23(36-24)35-15-21-27-11-19(34-21)25(2,3)4/h5,8-11,14-15,18H,1,6-7,12-13,16-17H2,2-4H3,(H,30,32);5-9,12-13,19H,1,10-11,14-16H2,2-4H3,(H,28,30)(H,29,32);5-13,15H,1,14,16H2,2-4H3,(H,28,30)(H,29,32);5-7,10-12,18H,1,8-9,13-15H2,2-4H3,(H,28,30)(H,29,32)/t18-,37?;19-;;18-/m01.1/s1. The van der Waals surface area contributed by atoms with Gasteiger partial charge in [0.05, 0.1) is 132 Å². The third-order valence-corrected chi connectivity index (χ3v) is 31.6. The van der Waals surface area contributed by atoms with Crippen LogP contribution in [0.15, 0.2) is 249 Å². The predicted molar refractivity (Wildman–Crippen MR) is 576 cm³/mol. The second kappa shape index (κ2) is 50.7. The monoisotopic (exact) mass is 2110 g/mol. The van der Waals surface area contributed by atoms with Crippen LogP contribution in [0.5, 0.6) is 0 Å². The highest BCUT2D eigenvalue weighted by atomic mass is 32.2. The summed E-state index contributed by atoms with van der Waals surface area (Å²) in [7, 11) is -1.28. The number of anilines is 8. The van der Waals surface area contributed by atoms with E-state index in [1.54, 1.807) is 154 Å². The summed E-state index contributed by atoms with van der Waals surface area (Å²) >= 11 is 11.1. The van der Waals surface area contributed by atoms with Crippen molar-refractivity contribution in [1.29, 1.82) is 0 Å². The van der Waals surface area contributed by atoms with Crippen LogP contribution < -0.4 is 42.8 Å². The van der Waals surface area contributed by atoms with Gasteiger partial charge in [-0.15, -0.1) is 46.6 Å². The van der Waals surface area contributed by atoms with E-state index in [1.807, 2.05) is 96.5 Å². The number of aromatic nitrogens is 10. The highest BCUT2D eigenvalue weighted by molar-refractivity contribution is 8.01. The van der Waals surface area contributed by atoms with Crippen LogP contribution in [-0.2, 0) is 110 Å². The van der Waals surface area contributed by atoms with Crippen molar-refractivity contribution < 1.29 is 55.4 Å². The summed E-state index contributed by atoms with van der Waals surface area (Å²) in [6, 6.07) is 28.8. The Morgan fingerprint density at radius 3 is 1.30 bits per heavy atom. The summed E-state index contributed by atoms with van der Waals surface area (Å²) in [5, 5.41) is 24.4. The van der Waals surface area contributed by atoms with E-state index in [-0.39, 0.29) is 92.3 Å². The molecular weight excluding hydrogens is 1990 g/mol. The molecule has 10 aromatic heterocycles. The number of thiazole rings is 4. The average Bonchev–Trinajstić information content (AvgIpc) is 1.32. The number of carbonyl (C=O) groups is 7. The van der Waals surface area contributed by atoms with Gasteiger partial charge in [0.15, 0.2) is 15.4 Å².